The molecule has 0 saturated heterocycles. The topological polar surface area (TPSA) is 90.8 Å². The molecule has 0 aromatic heterocycles. The lowest BCUT2D eigenvalue weighted by atomic mass is 9.84. The third kappa shape index (κ3) is 5.06. The number of anilines is 1. The molecule has 1 aliphatic rings. The van der Waals surface area contributed by atoms with Crippen molar-refractivity contribution in [3.05, 3.63) is 58.4 Å². The summed E-state index contributed by atoms with van der Waals surface area (Å²) in [7, 11) is 1.13. The highest BCUT2D eigenvalue weighted by molar-refractivity contribution is 5.92. The number of carbonyl (C=O) groups is 1. The summed E-state index contributed by atoms with van der Waals surface area (Å²) in [6.45, 7) is 5.30. The molecule has 2 amide bonds. The molecule has 2 aromatic rings. The van der Waals surface area contributed by atoms with Crippen LogP contribution in [0.5, 0.6) is 5.75 Å². The molecule has 0 saturated carbocycles. The fourth-order valence-electron chi connectivity index (χ4n) is 3.86. The Balaban J connectivity index is 1.91. The Morgan fingerprint density at radius 1 is 1.21 bits per heavy atom. The summed E-state index contributed by atoms with van der Waals surface area (Å²) in [6.07, 6.45) is -8.87. The normalized spacial score (nSPS) is 19.1. The van der Waals surface area contributed by atoms with Gasteiger partial charge in [-0.1, -0.05) is 32.9 Å². The molecule has 0 radical (unpaired) electrons. The molecule has 0 spiro atoms. The van der Waals surface area contributed by atoms with Gasteiger partial charge in [-0.3, -0.25) is 0 Å². The first-order chi connectivity index (χ1) is 15.2. The highest BCUT2D eigenvalue weighted by atomic mass is 19.4. The number of halogens is 4. The van der Waals surface area contributed by atoms with Crippen molar-refractivity contribution in [2.75, 3.05) is 12.4 Å². The number of alkyl halides is 3. The number of urea groups is 1. The predicted octanol–water partition coefficient (Wildman–Crippen LogP) is 4.51. The Hall–Kier alpha value is -2.85. The lowest BCUT2D eigenvalue weighted by molar-refractivity contribution is -0.207. The zero-order valence-corrected chi connectivity index (χ0v) is 18.5. The number of carbonyl (C=O) groups excluding carboxylic acids is 1. The smallest absolute Gasteiger partial charge is 0.418 e. The van der Waals surface area contributed by atoms with Crippen LogP contribution in [-0.2, 0) is 11.8 Å². The van der Waals surface area contributed by atoms with Gasteiger partial charge in [-0.15, -0.1) is 0 Å². The van der Waals surface area contributed by atoms with E-state index >= 15 is 0 Å². The van der Waals surface area contributed by atoms with Crippen LogP contribution in [0.25, 0.3) is 0 Å². The molecule has 3 rings (SSSR count). The first kappa shape index (κ1) is 24.8. The Bertz CT molecular complexity index is 1050. The van der Waals surface area contributed by atoms with E-state index in [4.69, 9.17) is 4.74 Å². The summed E-state index contributed by atoms with van der Waals surface area (Å²) in [5.74, 6) is -0.842. The number of nitrogens with one attached hydrogen (secondary N) is 2. The van der Waals surface area contributed by atoms with E-state index in [1.807, 2.05) is 0 Å². The summed E-state index contributed by atoms with van der Waals surface area (Å²) in [6, 6.07) is 5.26. The van der Waals surface area contributed by atoms with Crippen LogP contribution in [0, 0.1) is 5.82 Å². The first-order valence-electron chi connectivity index (χ1n) is 10.2. The summed E-state index contributed by atoms with van der Waals surface area (Å²) >= 11 is 0. The maximum absolute atomic E-state index is 14.0. The van der Waals surface area contributed by atoms with Gasteiger partial charge in [0.25, 0.3) is 0 Å². The minimum atomic E-state index is -4.95. The number of hydrogen-bond donors (Lipinski definition) is 4. The van der Waals surface area contributed by atoms with Crippen LogP contribution in [0.2, 0.25) is 0 Å². The summed E-state index contributed by atoms with van der Waals surface area (Å²) < 4.78 is 59.0. The largest absolute Gasteiger partial charge is 0.494 e. The second-order valence-corrected chi connectivity index (χ2v) is 9.00. The van der Waals surface area contributed by atoms with E-state index in [1.54, 1.807) is 26.8 Å². The number of amides is 2. The summed E-state index contributed by atoms with van der Waals surface area (Å²) in [5.41, 5.74) is -0.159. The molecule has 180 valence electrons. The molecule has 3 atom stereocenters. The highest BCUT2D eigenvalue weighted by Crippen LogP contribution is 2.43. The number of aliphatic hydroxyl groups is 2. The fraction of sp³-hybridized carbons (Fsp3) is 0.435. The van der Waals surface area contributed by atoms with Crippen molar-refractivity contribution < 1.29 is 37.3 Å². The SMILES string of the molecule is COc1c(NC(=O)NC2Cc3c(F)cccc3C2O)cc(C(C)(C)C)cc1[C@@H](O)C(F)(F)F. The molecule has 10 heteroatoms. The number of aliphatic hydroxyl groups excluding tert-OH is 2. The van der Waals surface area contributed by atoms with Gasteiger partial charge in [0, 0.05) is 5.56 Å². The number of benzene rings is 2. The molecule has 4 N–H and O–H groups in total. The van der Waals surface area contributed by atoms with E-state index in [0.717, 1.165) is 7.11 Å². The monoisotopic (exact) mass is 470 g/mol. The molecule has 33 heavy (non-hydrogen) atoms. The van der Waals surface area contributed by atoms with E-state index in [-0.39, 0.29) is 23.4 Å². The third-order valence-corrected chi connectivity index (χ3v) is 5.64. The van der Waals surface area contributed by atoms with Crippen LogP contribution >= 0.6 is 0 Å². The van der Waals surface area contributed by atoms with Gasteiger partial charge in [-0.25, -0.2) is 9.18 Å². The summed E-state index contributed by atoms with van der Waals surface area (Å²) in [5, 5.41) is 25.3. The zero-order valence-electron chi connectivity index (χ0n) is 18.5. The Labute approximate surface area is 188 Å². The van der Waals surface area contributed by atoms with Crippen molar-refractivity contribution >= 4 is 11.7 Å². The van der Waals surface area contributed by atoms with Gasteiger partial charge in [0.15, 0.2) is 6.10 Å². The van der Waals surface area contributed by atoms with Gasteiger partial charge in [-0.2, -0.15) is 13.2 Å². The molecule has 2 unspecified atom stereocenters. The van der Waals surface area contributed by atoms with Crippen LogP contribution in [0.1, 0.15) is 55.2 Å². The maximum Gasteiger partial charge on any atom is 0.418 e. The minimum Gasteiger partial charge on any atom is -0.494 e. The lowest BCUT2D eigenvalue weighted by Crippen LogP contribution is -2.40. The molecule has 2 aromatic carbocycles. The molecule has 0 fully saturated rings. The Morgan fingerprint density at radius 2 is 1.88 bits per heavy atom. The second-order valence-electron chi connectivity index (χ2n) is 9.00. The lowest BCUT2D eigenvalue weighted by Gasteiger charge is -2.26. The van der Waals surface area contributed by atoms with E-state index in [1.165, 1.54) is 24.3 Å². The zero-order chi connectivity index (χ0) is 24.7. The molecule has 6 nitrogen and oxygen atoms in total. The average molecular weight is 470 g/mol. The van der Waals surface area contributed by atoms with Crippen LogP contribution in [-0.4, -0.2) is 35.6 Å². The molecule has 0 heterocycles. The number of ether oxygens (including phenoxy) is 1. The average Bonchev–Trinajstić information content (AvgIpc) is 3.02. The standard InChI is InChI=1S/C23H26F4N2O4/c1-22(2,3)11-8-14(20(31)23(25,26)27)19(33-4)17(9-11)29-21(32)28-16-10-13-12(18(16)30)6-5-7-15(13)24/h5-9,16,18,20,30-31H,10H2,1-4H3,(H2,28,29,32)/t16?,18?,20-/m1/s1. The van der Waals surface area contributed by atoms with Gasteiger partial charge in [-0.05, 0) is 46.7 Å². The van der Waals surface area contributed by atoms with Gasteiger partial charge in [0.2, 0.25) is 0 Å². The van der Waals surface area contributed by atoms with E-state index < -0.39 is 47.3 Å². The predicted molar refractivity (Wildman–Crippen MR) is 114 cm³/mol. The van der Waals surface area contributed by atoms with Gasteiger partial charge in [0.05, 0.1) is 24.9 Å². The van der Waals surface area contributed by atoms with Crippen LogP contribution < -0.4 is 15.4 Å². The van der Waals surface area contributed by atoms with Crippen molar-refractivity contribution in [3.63, 3.8) is 0 Å². The maximum atomic E-state index is 14.0. The molecule has 1 aliphatic carbocycles. The number of methoxy groups -OCH3 is 1. The van der Waals surface area contributed by atoms with Crippen molar-refractivity contribution in [1.82, 2.24) is 5.32 Å². The second kappa shape index (κ2) is 8.83. The van der Waals surface area contributed by atoms with Crippen molar-refractivity contribution in [1.29, 1.82) is 0 Å². The molecule has 0 bridgehead atoms. The molecular weight excluding hydrogens is 444 g/mol. The van der Waals surface area contributed by atoms with Crippen molar-refractivity contribution in [3.8, 4) is 5.75 Å². The Morgan fingerprint density at radius 3 is 2.42 bits per heavy atom. The molecule has 0 aliphatic heterocycles. The summed E-state index contributed by atoms with van der Waals surface area (Å²) in [4.78, 5) is 12.7. The van der Waals surface area contributed by atoms with E-state index in [9.17, 15) is 32.6 Å². The minimum absolute atomic E-state index is 0.0494. The number of hydrogen-bond acceptors (Lipinski definition) is 4. The van der Waals surface area contributed by atoms with E-state index in [0.29, 0.717) is 11.1 Å². The highest BCUT2D eigenvalue weighted by Gasteiger charge is 2.42. The Kier molecular flexibility index (Phi) is 6.63. The third-order valence-electron chi connectivity index (χ3n) is 5.64. The van der Waals surface area contributed by atoms with Gasteiger partial charge >= 0.3 is 12.2 Å². The quantitative estimate of drug-likeness (QED) is 0.495. The van der Waals surface area contributed by atoms with Crippen LogP contribution in [0.4, 0.5) is 28.0 Å². The molecular formula is C23H26F4N2O4. The van der Waals surface area contributed by atoms with Gasteiger partial charge < -0.3 is 25.6 Å². The van der Waals surface area contributed by atoms with Crippen molar-refractivity contribution in [2.45, 2.75) is 57.0 Å². The number of rotatable bonds is 4. The van der Waals surface area contributed by atoms with Crippen LogP contribution in [0.3, 0.4) is 0 Å². The van der Waals surface area contributed by atoms with Gasteiger partial charge in [0.1, 0.15) is 11.6 Å². The van der Waals surface area contributed by atoms with Crippen molar-refractivity contribution in [2.24, 2.45) is 0 Å². The van der Waals surface area contributed by atoms with E-state index in [2.05, 4.69) is 10.6 Å². The first-order valence-corrected chi connectivity index (χ1v) is 10.2. The number of fused-ring (bicyclic) bond motifs is 1. The fourth-order valence-corrected chi connectivity index (χ4v) is 3.86. The van der Waals surface area contributed by atoms with Crippen LogP contribution in [0.15, 0.2) is 30.3 Å².